The lowest BCUT2D eigenvalue weighted by Crippen LogP contribution is -2.24. The van der Waals surface area contributed by atoms with E-state index in [1.54, 1.807) is 17.1 Å². The molecule has 4 nitrogen and oxygen atoms in total. The van der Waals surface area contributed by atoms with E-state index < -0.39 is 0 Å². The van der Waals surface area contributed by atoms with Crippen molar-refractivity contribution >= 4 is 5.91 Å². The third-order valence-corrected chi connectivity index (χ3v) is 3.00. The largest absolute Gasteiger partial charge is 0.349 e. The van der Waals surface area contributed by atoms with Gasteiger partial charge in [-0.05, 0) is 18.4 Å². The minimum atomic E-state index is -0.0168. The average Bonchev–Trinajstić information content (AvgIpc) is 3.07. The quantitative estimate of drug-likeness (QED) is 0.887. The van der Waals surface area contributed by atoms with Crippen LogP contribution in [-0.4, -0.2) is 21.7 Å². The summed E-state index contributed by atoms with van der Waals surface area (Å²) in [5.74, 6) is -0.0168. The van der Waals surface area contributed by atoms with Gasteiger partial charge in [0, 0.05) is 12.2 Å². The summed E-state index contributed by atoms with van der Waals surface area (Å²) in [4.78, 5) is 11.8. The highest BCUT2D eigenvalue weighted by atomic mass is 16.1. The molecular formula is C14H15N3O. The molecule has 18 heavy (non-hydrogen) atoms. The highest BCUT2D eigenvalue weighted by molar-refractivity contribution is 5.94. The molecule has 1 heterocycles. The molecule has 1 aliphatic carbocycles. The van der Waals surface area contributed by atoms with Gasteiger partial charge in [-0.15, -0.1) is 0 Å². The number of carbonyl (C=O) groups excluding carboxylic acids is 1. The Kier molecular flexibility index (Phi) is 2.84. The van der Waals surface area contributed by atoms with E-state index in [0.717, 1.165) is 12.8 Å². The highest BCUT2D eigenvalue weighted by Gasteiger charge is 2.24. The van der Waals surface area contributed by atoms with Crippen LogP contribution < -0.4 is 5.32 Å². The fraction of sp³-hybridized carbons (Fsp3) is 0.286. The highest BCUT2D eigenvalue weighted by Crippen LogP contribution is 2.19. The van der Waals surface area contributed by atoms with Crippen molar-refractivity contribution in [2.45, 2.75) is 25.4 Å². The predicted molar refractivity (Wildman–Crippen MR) is 68.3 cm³/mol. The molecule has 0 unspecified atom stereocenters. The monoisotopic (exact) mass is 241 g/mol. The Bertz CT molecular complexity index is 543. The molecule has 2 aromatic rings. The molecule has 1 aromatic carbocycles. The smallest absolute Gasteiger partial charge is 0.254 e. The summed E-state index contributed by atoms with van der Waals surface area (Å²) in [6, 6.07) is 10.5. The summed E-state index contributed by atoms with van der Waals surface area (Å²) in [5.41, 5.74) is 1.81. The summed E-state index contributed by atoms with van der Waals surface area (Å²) in [6.07, 6.45) is 5.62. The molecule has 1 N–H and O–H groups in total. The molecule has 1 saturated carbocycles. The van der Waals surface area contributed by atoms with E-state index in [1.165, 1.54) is 5.56 Å². The van der Waals surface area contributed by atoms with Gasteiger partial charge in [0.1, 0.15) is 0 Å². The molecule has 0 spiro atoms. The molecule has 1 aliphatic rings. The fourth-order valence-electron chi connectivity index (χ4n) is 1.83. The van der Waals surface area contributed by atoms with Gasteiger partial charge in [0.2, 0.25) is 0 Å². The summed E-state index contributed by atoms with van der Waals surface area (Å²) in [6.45, 7) is 0.692. The van der Waals surface area contributed by atoms with Crippen molar-refractivity contribution in [3.63, 3.8) is 0 Å². The van der Waals surface area contributed by atoms with E-state index in [-0.39, 0.29) is 5.91 Å². The van der Waals surface area contributed by atoms with Crippen LogP contribution in [0.5, 0.6) is 0 Å². The van der Waals surface area contributed by atoms with Crippen molar-refractivity contribution in [3.8, 4) is 0 Å². The maximum absolute atomic E-state index is 11.8. The summed E-state index contributed by atoms with van der Waals surface area (Å²) < 4.78 is 1.79. The zero-order chi connectivity index (χ0) is 12.4. The molecule has 92 valence electrons. The van der Waals surface area contributed by atoms with E-state index >= 15 is 0 Å². The SMILES string of the molecule is O=C(NC1CC1)c1cnn(Cc2ccccc2)c1. The second kappa shape index (κ2) is 4.64. The Labute approximate surface area is 106 Å². The van der Waals surface area contributed by atoms with Crippen molar-refractivity contribution in [1.82, 2.24) is 15.1 Å². The maximum atomic E-state index is 11.8. The molecule has 1 fully saturated rings. The number of aromatic nitrogens is 2. The first-order valence-corrected chi connectivity index (χ1v) is 6.18. The zero-order valence-electron chi connectivity index (χ0n) is 10.0. The summed E-state index contributed by atoms with van der Waals surface area (Å²) >= 11 is 0. The number of amides is 1. The van der Waals surface area contributed by atoms with Gasteiger partial charge < -0.3 is 5.32 Å². The molecule has 1 amide bonds. The number of rotatable bonds is 4. The second-order valence-electron chi connectivity index (χ2n) is 4.66. The van der Waals surface area contributed by atoms with Crippen LogP contribution in [0, 0.1) is 0 Å². The minimum Gasteiger partial charge on any atom is -0.349 e. The molecular weight excluding hydrogens is 226 g/mol. The van der Waals surface area contributed by atoms with Crippen molar-refractivity contribution in [2.24, 2.45) is 0 Å². The van der Waals surface area contributed by atoms with Crippen molar-refractivity contribution < 1.29 is 4.79 Å². The van der Waals surface area contributed by atoms with E-state index in [2.05, 4.69) is 10.4 Å². The standard InChI is InChI=1S/C14H15N3O/c18-14(16-13-6-7-13)12-8-15-17(10-12)9-11-4-2-1-3-5-11/h1-5,8,10,13H,6-7,9H2,(H,16,18). The van der Waals surface area contributed by atoms with Crippen LogP contribution in [0.25, 0.3) is 0 Å². The van der Waals surface area contributed by atoms with Gasteiger partial charge >= 0.3 is 0 Å². The predicted octanol–water partition coefficient (Wildman–Crippen LogP) is 1.82. The number of benzene rings is 1. The molecule has 0 atom stereocenters. The topological polar surface area (TPSA) is 46.9 Å². The van der Waals surface area contributed by atoms with E-state index in [1.807, 2.05) is 30.3 Å². The number of carbonyl (C=O) groups is 1. The van der Waals surface area contributed by atoms with E-state index in [4.69, 9.17) is 0 Å². The third kappa shape index (κ3) is 2.59. The van der Waals surface area contributed by atoms with Crippen molar-refractivity contribution in [3.05, 3.63) is 53.9 Å². The normalized spacial score (nSPS) is 14.4. The minimum absolute atomic E-state index is 0.0168. The number of nitrogens with zero attached hydrogens (tertiary/aromatic N) is 2. The van der Waals surface area contributed by atoms with Crippen LogP contribution in [0.15, 0.2) is 42.7 Å². The van der Waals surface area contributed by atoms with Gasteiger partial charge in [-0.25, -0.2) is 0 Å². The van der Waals surface area contributed by atoms with Gasteiger partial charge in [0.05, 0.1) is 18.3 Å². The molecule has 0 saturated heterocycles. The van der Waals surface area contributed by atoms with Crippen LogP contribution in [-0.2, 0) is 6.54 Å². The van der Waals surface area contributed by atoms with Gasteiger partial charge in [0.15, 0.2) is 0 Å². The first-order valence-electron chi connectivity index (χ1n) is 6.18. The Morgan fingerprint density at radius 1 is 1.33 bits per heavy atom. The third-order valence-electron chi connectivity index (χ3n) is 3.00. The van der Waals surface area contributed by atoms with Crippen LogP contribution in [0.4, 0.5) is 0 Å². The Morgan fingerprint density at radius 2 is 2.11 bits per heavy atom. The molecule has 3 rings (SSSR count). The number of hydrogen-bond donors (Lipinski definition) is 1. The Morgan fingerprint density at radius 3 is 2.83 bits per heavy atom. The zero-order valence-corrected chi connectivity index (χ0v) is 10.0. The molecule has 1 aromatic heterocycles. The Balaban J connectivity index is 1.67. The lowest BCUT2D eigenvalue weighted by Gasteiger charge is -2.01. The van der Waals surface area contributed by atoms with Crippen LogP contribution in [0.1, 0.15) is 28.8 Å². The van der Waals surface area contributed by atoms with Gasteiger partial charge in [-0.3, -0.25) is 9.48 Å². The fourth-order valence-corrected chi connectivity index (χ4v) is 1.83. The maximum Gasteiger partial charge on any atom is 0.254 e. The number of nitrogens with one attached hydrogen (secondary N) is 1. The molecule has 0 bridgehead atoms. The average molecular weight is 241 g/mol. The molecule has 0 aliphatic heterocycles. The lowest BCUT2D eigenvalue weighted by atomic mass is 10.2. The summed E-state index contributed by atoms with van der Waals surface area (Å²) in [5, 5.41) is 7.17. The van der Waals surface area contributed by atoms with Crippen LogP contribution in [0.2, 0.25) is 0 Å². The van der Waals surface area contributed by atoms with Crippen LogP contribution >= 0.6 is 0 Å². The molecule has 0 radical (unpaired) electrons. The van der Waals surface area contributed by atoms with Gasteiger partial charge in [0.25, 0.3) is 5.91 Å². The van der Waals surface area contributed by atoms with E-state index in [9.17, 15) is 4.79 Å². The first kappa shape index (κ1) is 11.0. The lowest BCUT2D eigenvalue weighted by molar-refractivity contribution is 0.0951. The second-order valence-corrected chi connectivity index (χ2v) is 4.66. The number of hydrogen-bond acceptors (Lipinski definition) is 2. The van der Waals surface area contributed by atoms with Gasteiger partial charge in [-0.1, -0.05) is 30.3 Å². The molecule has 4 heteroatoms. The van der Waals surface area contributed by atoms with Crippen molar-refractivity contribution in [2.75, 3.05) is 0 Å². The van der Waals surface area contributed by atoms with Crippen molar-refractivity contribution in [1.29, 1.82) is 0 Å². The first-order chi connectivity index (χ1) is 8.81. The van der Waals surface area contributed by atoms with Crippen LogP contribution in [0.3, 0.4) is 0 Å². The Hall–Kier alpha value is -2.10. The van der Waals surface area contributed by atoms with E-state index in [0.29, 0.717) is 18.2 Å². The van der Waals surface area contributed by atoms with Gasteiger partial charge in [-0.2, -0.15) is 5.10 Å². The summed E-state index contributed by atoms with van der Waals surface area (Å²) in [7, 11) is 0.